The first-order valence-electron chi connectivity index (χ1n) is 7.88. The lowest BCUT2D eigenvalue weighted by atomic mass is 10.1. The van der Waals surface area contributed by atoms with Crippen molar-refractivity contribution in [2.75, 3.05) is 0 Å². The minimum Gasteiger partial charge on any atom is -0.344 e. The summed E-state index contributed by atoms with van der Waals surface area (Å²) in [4.78, 5) is 25.0. The summed E-state index contributed by atoms with van der Waals surface area (Å²) in [6.45, 7) is 5.91. The number of aromatic nitrogens is 3. The third-order valence-corrected chi connectivity index (χ3v) is 4.26. The van der Waals surface area contributed by atoms with Gasteiger partial charge in [0.05, 0.1) is 11.7 Å². The van der Waals surface area contributed by atoms with E-state index < -0.39 is 0 Å². The molecule has 0 aromatic carbocycles. The highest BCUT2D eigenvalue weighted by atomic mass is 16.2. The molecule has 23 heavy (non-hydrogen) atoms. The van der Waals surface area contributed by atoms with Crippen LogP contribution < -0.4 is 10.9 Å². The Bertz CT molecular complexity index is 773. The zero-order valence-corrected chi connectivity index (χ0v) is 14.4. The van der Waals surface area contributed by atoms with Crippen LogP contribution in [-0.2, 0) is 20.5 Å². The standard InChI is InChI=1S/C17H24N4O2/c1-6-13(15-8-9-18-21(15)5)19-16(22)12-10-11(3)14(7-2)20(4)17(12)23/h8-10,13H,6-7H2,1-5H3,(H,19,22)/t13-/m1/s1. The number of hydrogen-bond acceptors (Lipinski definition) is 3. The Morgan fingerprint density at radius 2 is 2.04 bits per heavy atom. The lowest BCUT2D eigenvalue weighted by molar-refractivity contribution is 0.0931. The number of carbonyl (C=O) groups is 1. The monoisotopic (exact) mass is 316 g/mol. The van der Waals surface area contributed by atoms with E-state index in [4.69, 9.17) is 0 Å². The molecule has 0 unspecified atom stereocenters. The molecule has 1 amide bonds. The van der Waals surface area contributed by atoms with E-state index in [1.54, 1.807) is 28.6 Å². The zero-order valence-electron chi connectivity index (χ0n) is 14.4. The van der Waals surface area contributed by atoms with Crippen molar-refractivity contribution in [3.05, 3.63) is 51.2 Å². The van der Waals surface area contributed by atoms with Crippen LogP contribution in [0, 0.1) is 6.92 Å². The van der Waals surface area contributed by atoms with E-state index in [9.17, 15) is 9.59 Å². The normalized spacial score (nSPS) is 12.2. The summed E-state index contributed by atoms with van der Waals surface area (Å²) in [7, 11) is 3.55. The third kappa shape index (κ3) is 3.21. The molecule has 6 nitrogen and oxygen atoms in total. The van der Waals surface area contributed by atoms with Gasteiger partial charge in [-0.2, -0.15) is 5.10 Å². The van der Waals surface area contributed by atoms with Crippen molar-refractivity contribution in [1.29, 1.82) is 0 Å². The maximum atomic E-state index is 12.6. The highest BCUT2D eigenvalue weighted by Crippen LogP contribution is 2.16. The van der Waals surface area contributed by atoms with Gasteiger partial charge in [-0.25, -0.2) is 0 Å². The first-order chi connectivity index (χ1) is 10.9. The summed E-state index contributed by atoms with van der Waals surface area (Å²) in [6, 6.07) is 3.38. The second kappa shape index (κ2) is 6.81. The first kappa shape index (κ1) is 17.0. The van der Waals surface area contributed by atoms with E-state index >= 15 is 0 Å². The Morgan fingerprint density at radius 1 is 1.35 bits per heavy atom. The minimum atomic E-state index is -0.343. The number of nitrogens with one attached hydrogen (secondary N) is 1. The molecule has 0 bridgehead atoms. The molecule has 6 heteroatoms. The molecule has 1 atom stereocenters. The molecule has 2 aromatic rings. The lowest BCUT2D eigenvalue weighted by Gasteiger charge is -2.18. The molecule has 0 aliphatic carbocycles. The Labute approximate surface area is 136 Å². The maximum Gasteiger partial charge on any atom is 0.263 e. The summed E-state index contributed by atoms with van der Waals surface area (Å²) < 4.78 is 3.30. The van der Waals surface area contributed by atoms with E-state index in [1.165, 1.54) is 0 Å². The predicted octanol–water partition coefficient (Wildman–Crippen LogP) is 1.87. The molecule has 124 valence electrons. The van der Waals surface area contributed by atoms with Crippen molar-refractivity contribution < 1.29 is 4.79 Å². The van der Waals surface area contributed by atoms with Crippen LogP contribution in [0.4, 0.5) is 0 Å². The van der Waals surface area contributed by atoms with Gasteiger partial charge in [0.1, 0.15) is 5.56 Å². The largest absolute Gasteiger partial charge is 0.344 e. The van der Waals surface area contributed by atoms with Gasteiger partial charge in [-0.05, 0) is 37.5 Å². The van der Waals surface area contributed by atoms with Gasteiger partial charge in [-0.1, -0.05) is 13.8 Å². The molecule has 0 radical (unpaired) electrons. The fourth-order valence-electron chi connectivity index (χ4n) is 2.96. The zero-order chi connectivity index (χ0) is 17.1. The fraction of sp³-hybridized carbons (Fsp3) is 0.471. The van der Waals surface area contributed by atoms with Crippen molar-refractivity contribution in [2.45, 2.75) is 39.7 Å². The number of nitrogens with zero attached hydrogens (tertiary/aromatic N) is 3. The van der Waals surface area contributed by atoms with Crippen LogP contribution in [0.25, 0.3) is 0 Å². The van der Waals surface area contributed by atoms with Gasteiger partial charge in [-0.3, -0.25) is 14.3 Å². The van der Waals surface area contributed by atoms with Crippen LogP contribution in [0.15, 0.2) is 23.1 Å². The van der Waals surface area contributed by atoms with Crippen molar-refractivity contribution in [1.82, 2.24) is 19.7 Å². The number of aryl methyl sites for hydroxylation is 2. The van der Waals surface area contributed by atoms with Gasteiger partial charge in [0, 0.05) is 26.0 Å². The summed E-state index contributed by atoms with van der Waals surface area (Å²) in [5, 5.41) is 7.08. The Kier molecular flexibility index (Phi) is 5.03. The second-order valence-corrected chi connectivity index (χ2v) is 5.72. The molecule has 0 aliphatic heterocycles. The lowest BCUT2D eigenvalue weighted by Crippen LogP contribution is -2.36. The third-order valence-electron chi connectivity index (χ3n) is 4.26. The molecule has 2 rings (SSSR count). The first-order valence-corrected chi connectivity index (χ1v) is 7.88. The number of hydrogen-bond donors (Lipinski definition) is 1. The molecule has 0 fully saturated rings. The molecule has 1 N–H and O–H groups in total. The quantitative estimate of drug-likeness (QED) is 0.915. The van der Waals surface area contributed by atoms with E-state index in [-0.39, 0.29) is 23.1 Å². The van der Waals surface area contributed by atoms with Gasteiger partial charge in [-0.15, -0.1) is 0 Å². The Balaban J connectivity index is 2.34. The number of carbonyl (C=O) groups excluding carboxylic acids is 1. The van der Waals surface area contributed by atoms with Gasteiger partial charge in [0.15, 0.2) is 0 Å². The molecular weight excluding hydrogens is 292 g/mol. The van der Waals surface area contributed by atoms with Crippen molar-refractivity contribution in [2.24, 2.45) is 14.1 Å². The number of pyridine rings is 1. The summed E-state index contributed by atoms with van der Waals surface area (Å²) in [6.07, 6.45) is 3.17. The highest BCUT2D eigenvalue weighted by molar-refractivity contribution is 5.94. The van der Waals surface area contributed by atoms with Gasteiger partial charge < -0.3 is 9.88 Å². The summed E-state index contributed by atoms with van der Waals surface area (Å²) >= 11 is 0. The van der Waals surface area contributed by atoms with E-state index in [0.717, 1.165) is 29.8 Å². The molecular formula is C17H24N4O2. The Hall–Kier alpha value is -2.37. The van der Waals surface area contributed by atoms with Gasteiger partial charge in [0.25, 0.3) is 11.5 Å². The van der Waals surface area contributed by atoms with Crippen LogP contribution in [-0.4, -0.2) is 20.3 Å². The van der Waals surface area contributed by atoms with Crippen molar-refractivity contribution in [3.63, 3.8) is 0 Å². The van der Waals surface area contributed by atoms with Crippen LogP contribution >= 0.6 is 0 Å². The Morgan fingerprint density at radius 3 is 2.57 bits per heavy atom. The second-order valence-electron chi connectivity index (χ2n) is 5.72. The van der Waals surface area contributed by atoms with Gasteiger partial charge in [0.2, 0.25) is 0 Å². The van der Waals surface area contributed by atoms with E-state index in [0.29, 0.717) is 0 Å². The highest BCUT2D eigenvalue weighted by Gasteiger charge is 2.20. The summed E-state index contributed by atoms with van der Waals surface area (Å²) in [5.41, 5.74) is 2.74. The molecule has 0 saturated heterocycles. The van der Waals surface area contributed by atoms with Crippen LogP contribution in [0.3, 0.4) is 0 Å². The molecule has 0 saturated carbocycles. The van der Waals surface area contributed by atoms with Crippen molar-refractivity contribution >= 4 is 5.91 Å². The van der Waals surface area contributed by atoms with Gasteiger partial charge >= 0.3 is 0 Å². The van der Waals surface area contributed by atoms with E-state index in [2.05, 4.69) is 10.4 Å². The molecule has 0 aliphatic rings. The van der Waals surface area contributed by atoms with Crippen molar-refractivity contribution in [3.8, 4) is 0 Å². The van der Waals surface area contributed by atoms with Crippen LogP contribution in [0.5, 0.6) is 0 Å². The number of rotatable bonds is 5. The number of amides is 1. The average Bonchev–Trinajstić information content (AvgIpc) is 2.94. The smallest absolute Gasteiger partial charge is 0.263 e. The predicted molar refractivity (Wildman–Crippen MR) is 89.5 cm³/mol. The maximum absolute atomic E-state index is 12.6. The molecule has 2 heterocycles. The van der Waals surface area contributed by atoms with E-state index in [1.807, 2.05) is 33.9 Å². The summed E-state index contributed by atoms with van der Waals surface area (Å²) in [5.74, 6) is -0.343. The molecule has 0 spiro atoms. The average molecular weight is 316 g/mol. The van der Waals surface area contributed by atoms with Crippen LogP contribution in [0.2, 0.25) is 0 Å². The minimum absolute atomic E-state index is 0.175. The SMILES string of the molecule is CCc1c(C)cc(C(=O)N[C@H](CC)c2ccnn2C)c(=O)n1C. The van der Waals surface area contributed by atoms with Crippen LogP contribution in [0.1, 0.15) is 53.6 Å². The molecule has 2 aromatic heterocycles. The fourth-order valence-corrected chi connectivity index (χ4v) is 2.96. The topological polar surface area (TPSA) is 68.9 Å².